The molecule has 0 fully saturated rings. The molecule has 6 nitrogen and oxygen atoms in total. The predicted octanol–water partition coefficient (Wildman–Crippen LogP) is 2.17. The summed E-state index contributed by atoms with van der Waals surface area (Å²) < 4.78 is 7.64. The molecule has 3 N–H and O–H groups in total. The van der Waals surface area contributed by atoms with Crippen molar-refractivity contribution in [3.8, 4) is 0 Å². The minimum absolute atomic E-state index is 0.0812. The van der Waals surface area contributed by atoms with Crippen molar-refractivity contribution < 1.29 is 4.42 Å². The lowest BCUT2D eigenvalue weighted by atomic mass is 10.1. The number of nitrogens with one attached hydrogen (secondary N) is 1. The number of hydrogen-bond donors (Lipinski definition) is 2. The lowest BCUT2D eigenvalue weighted by Gasteiger charge is -2.04. The summed E-state index contributed by atoms with van der Waals surface area (Å²) in [7, 11) is 0. The smallest absolute Gasteiger partial charge is 0.265 e. The van der Waals surface area contributed by atoms with Crippen molar-refractivity contribution in [3.63, 3.8) is 0 Å². The monoisotopic (exact) mass is 348 g/mol. The summed E-state index contributed by atoms with van der Waals surface area (Å²) in [5.41, 5.74) is 8.16. The minimum atomic E-state index is -0.0812. The van der Waals surface area contributed by atoms with Crippen molar-refractivity contribution in [1.82, 2.24) is 9.72 Å². The van der Waals surface area contributed by atoms with E-state index in [-0.39, 0.29) is 5.56 Å². The summed E-state index contributed by atoms with van der Waals surface area (Å²) in [6, 6.07) is 15.1. The van der Waals surface area contributed by atoms with Gasteiger partial charge in [-0.25, -0.2) is 4.40 Å². The molecule has 2 aromatic carbocycles. The van der Waals surface area contributed by atoms with Crippen LogP contribution >= 0.6 is 0 Å². The van der Waals surface area contributed by atoms with Crippen LogP contribution in [0.2, 0.25) is 0 Å². The highest BCUT2D eigenvalue weighted by Crippen LogP contribution is 2.25. The van der Waals surface area contributed by atoms with Crippen molar-refractivity contribution in [2.75, 3.05) is 26.2 Å². The first-order chi connectivity index (χ1) is 12.8. The van der Waals surface area contributed by atoms with E-state index < -0.39 is 0 Å². The molecular formula is C20H20N4O2. The number of oxazole rings is 1. The highest BCUT2D eigenvalue weighted by Gasteiger charge is 2.16. The molecule has 4 aromatic rings. The highest BCUT2D eigenvalue weighted by molar-refractivity contribution is 6.05. The SMILES string of the molecule is NCCNCCN=Cc1c2ccccc2c(=O)n2c1oc1ccccc12. The van der Waals surface area contributed by atoms with E-state index in [0.717, 1.165) is 29.6 Å². The fraction of sp³-hybridized carbons (Fsp3) is 0.200. The van der Waals surface area contributed by atoms with E-state index in [1.54, 1.807) is 10.6 Å². The Hall–Kier alpha value is -2.96. The molecule has 0 saturated carbocycles. The molecule has 132 valence electrons. The third-order valence-electron chi connectivity index (χ3n) is 4.36. The Morgan fingerprint density at radius 2 is 1.85 bits per heavy atom. The molecule has 4 rings (SSSR count). The van der Waals surface area contributed by atoms with Crippen LogP contribution in [0.1, 0.15) is 5.56 Å². The van der Waals surface area contributed by atoms with Gasteiger partial charge in [-0.15, -0.1) is 0 Å². The lowest BCUT2D eigenvalue weighted by molar-refractivity contribution is 0.652. The number of nitrogens with zero attached hydrogens (tertiary/aromatic N) is 2. The molecule has 0 aliphatic carbocycles. The predicted molar refractivity (Wildman–Crippen MR) is 105 cm³/mol. The van der Waals surface area contributed by atoms with Gasteiger partial charge in [-0.3, -0.25) is 9.79 Å². The molecule has 6 heteroatoms. The van der Waals surface area contributed by atoms with Crippen LogP contribution in [0.3, 0.4) is 0 Å². The molecule has 2 heterocycles. The zero-order valence-electron chi connectivity index (χ0n) is 14.3. The van der Waals surface area contributed by atoms with Gasteiger partial charge in [-0.05, 0) is 18.2 Å². The van der Waals surface area contributed by atoms with Gasteiger partial charge in [0.15, 0.2) is 5.58 Å². The number of fused-ring (bicyclic) bond motifs is 4. The number of aromatic nitrogens is 1. The summed E-state index contributed by atoms with van der Waals surface area (Å²) in [5.74, 6) is 0. The maximum atomic E-state index is 13.0. The Labute approximate surface area is 149 Å². The number of benzene rings is 2. The highest BCUT2D eigenvalue weighted by atomic mass is 16.3. The quantitative estimate of drug-likeness (QED) is 0.413. The van der Waals surface area contributed by atoms with Gasteiger partial charge in [0.2, 0.25) is 5.71 Å². The molecule has 0 unspecified atom stereocenters. The molecule has 0 amide bonds. The van der Waals surface area contributed by atoms with Gasteiger partial charge in [0.25, 0.3) is 5.56 Å². The van der Waals surface area contributed by atoms with Crippen LogP contribution in [0.25, 0.3) is 27.6 Å². The Morgan fingerprint density at radius 3 is 2.69 bits per heavy atom. The molecular weight excluding hydrogens is 328 g/mol. The van der Waals surface area contributed by atoms with Gasteiger partial charge in [0.05, 0.1) is 17.6 Å². The average Bonchev–Trinajstić information content (AvgIpc) is 3.06. The molecule has 0 aliphatic rings. The van der Waals surface area contributed by atoms with Crippen molar-refractivity contribution in [1.29, 1.82) is 0 Å². The van der Waals surface area contributed by atoms with Gasteiger partial charge in [0, 0.05) is 36.6 Å². The van der Waals surface area contributed by atoms with Crippen LogP contribution in [0, 0.1) is 0 Å². The second kappa shape index (κ2) is 7.11. The van der Waals surface area contributed by atoms with Crippen molar-refractivity contribution >= 4 is 33.8 Å². The van der Waals surface area contributed by atoms with Crippen molar-refractivity contribution in [3.05, 3.63) is 64.4 Å². The number of para-hydroxylation sites is 2. The number of nitrogens with two attached hydrogens (primary N) is 1. The van der Waals surface area contributed by atoms with Crippen LogP contribution in [0.4, 0.5) is 0 Å². The van der Waals surface area contributed by atoms with E-state index in [0.29, 0.717) is 29.8 Å². The van der Waals surface area contributed by atoms with Crippen LogP contribution in [-0.4, -0.2) is 36.8 Å². The Balaban J connectivity index is 1.90. The second-order valence-electron chi connectivity index (χ2n) is 6.05. The molecule has 0 atom stereocenters. The number of pyridine rings is 1. The summed E-state index contributed by atoms with van der Waals surface area (Å²) in [6.45, 7) is 2.75. The second-order valence-corrected chi connectivity index (χ2v) is 6.05. The van der Waals surface area contributed by atoms with Gasteiger partial charge in [-0.1, -0.05) is 30.3 Å². The largest absolute Gasteiger partial charge is 0.437 e. The topological polar surface area (TPSA) is 85.0 Å². The minimum Gasteiger partial charge on any atom is -0.437 e. The molecule has 0 aliphatic heterocycles. The van der Waals surface area contributed by atoms with Crippen LogP contribution in [-0.2, 0) is 0 Å². The first kappa shape index (κ1) is 16.5. The summed E-state index contributed by atoms with van der Waals surface area (Å²) >= 11 is 0. The maximum absolute atomic E-state index is 13.0. The van der Waals surface area contributed by atoms with Gasteiger partial charge in [0.1, 0.15) is 0 Å². The number of aliphatic imine (C=N–C) groups is 1. The zero-order valence-corrected chi connectivity index (χ0v) is 14.3. The fourth-order valence-corrected chi connectivity index (χ4v) is 3.16. The Morgan fingerprint density at radius 1 is 1.08 bits per heavy atom. The van der Waals surface area contributed by atoms with Crippen molar-refractivity contribution in [2.24, 2.45) is 10.7 Å². The van der Waals surface area contributed by atoms with Crippen LogP contribution < -0.4 is 16.6 Å². The van der Waals surface area contributed by atoms with Gasteiger partial charge in [-0.2, -0.15) is 0 Å². The normalized spacial score (nSPS) is 12.0. The van der Waals surface area contributed by atoms with E-state index in [2.05, 4.69) is 10.3 Å². The molecule has 0 bridgehead atoms. The summed E-state index contributed by atoms with van der Waals surface area (Å²) in [6.07, 6.45) is 1.80. The van der Waals surface area contributed by atoms with E-state index in [1.165, 1.54) is 0 Å². The maximum Gasteiger partial charge on any atom is 0.265 e. The van der Waals surface area contributed by atoms with E-state index in [4.69, 9.17) is 10.2 Å². The molecule has 0 saturated heterocycles. The summed E-state index contributed by atoms with van der Waals surface area (Å²) in [4.78, 5) is 17.5. The Bertz CT molecular complexity index is 1160. The third-order valence-corrected chi connectivity index (χ3v) is 4.36. The van der Waals surface area contributed by atoms with Gasteiger partial charge >= 0.3 is 0 Å². The van der Waals surface area contributed by atoms with E-state index in [9.17, 15) is 4.79 Å². The van der Waals surface area contributed by atoms with Crippen LogP contribution in [0.15, 0.2) is 62.7 Å². The van der Waals surface area contributed by atoms with Crippen LogP contribution in [0.5, 0.6) is 0 Å². The molecule has 2 aromatic heterocycles. The molecule has 0 radical (unpaired) electrons. The first-order valence-electron chi connectivity index (χ1n) is 8.67. The standard InChI is InChI=1S/C20H20N4O2/c21-9-10-22-11-12-23-13-16-14-5-1-2-6-15(14)19(25)24-17-7-3-4-8-18(17)26-20(16)24/h1-8,13,22H,9-12,21H2. The third kappa shape index (κ3) is 2.79. The van der Waals surface area contributed by atoms with Gasteiger partial charge < -0.3 is 15.5 Å². The lowest BCUT2D eigenvalue weighted by Crippen LogP contribution is -2.24. The van der Waals surface area contributed by atoms with E-state index in [1.807, 2.05) is 48.5 Å². The number of rotatable bonds is 6. The van der Waals surface area contributed by atoms with Crippen molar-refractivity contribution in [2.45, 2.75) is 0 Å². The Kier molecular flexibility index (Phi) is 4.51. The average molecular weight is 348 g/mol. The number of hydrogen-bond acceptors (Lipinski definition) is 5. The molecule has 0 spiro atoms. The zero-order chi connectivity index (χ0) is 17.9. The fourth-order valence-electron chi connectivity index (χ4n) is 3.16. The molecule has 26 heavy (non-hydrogen) atoms. The first-order valence-corrected chi connectivity index (χ1v) is 8.67. The van der Waals surface area contributed by atoms with E-state index >= 15 is 0 Å². The summed E-state index contributed by atoms with van der Waals surface area (Å²) in [5, 5.41) is 4.70.